The number of aryl methyl sites for hydroxylation is 1. The number of fused-ring (bicyclic) bond motifs is 2. The maximum Gasteiger partial charge on any atom is 0.332 e. The van der Waals surface area contributed by atoms with Crippen LogP contribution >= 0.6 is 0 Å². The Kier molecular flexibility index (Phi) is 4.05. The molecule has 0 N–H and O–H groups in total. The molecule has 3 heterocycles. The average Bonchev–Trinajstić information content (AvgIpc) is 3.21. The Labute approximate surface area is 155 Å². The maximum absolute atomic E-state index is 12.6. The van der Waals surface area contributed by atoms with Gasteiger partial charge < -0.3 is 14.0 Å². The van der Waals surface area contributed by atoms with Crippen LogP contribution in [0.3, 0.4) is 0 Å². The standard InChI is InChI=1S/C19H22N4O4/c1-5-26-14-7-12-6-11(2)27-15(12)8-13(14)9-23-10-20-17-16(23)18(24)22(4)19(25)21(17)3/h7-8,10-11H,5-6,9H2,1-4H3. The van der Waals surface area contributed by atoms with Gasteiger partial charge in [0.05, 0.1) is 19.5 Å². The molecule has 1 unspecified atom stereocenters. The number of ether oxygens (including phenoxy) is 2. The van der Waals surface area contributed by atoms with Gasteiger partial charge in [-0.05, 0) is 26.0 Å². The Morgan fingerprint density at radius 3 is 2.78 bits per heavy atom. The van der Waals surface area contributed by atoms with Crippen molar-refractivity contribution in [3.8, 4) is 11.5 Å². The molecule has 0 amide bonds. The molecule has 1 aromatic carbocycles. The summed E-state index contributed by atoms with van der Waals surface area (Å²) in [5.41, 5.74) is 2.02. The molecular formula is C19H22N4O4. The van der Waals surface area contributed by atoms with E-state index in [-0.39, 0.29) is 11.7 Å². The lowest BCUT2D eigenvalue weighted by molar-refractivity contribution is 0.254. The van der Waals surface area contributed by atoms with E-state index >= 15 is 0 Å². The molecule has 1 aliphatic heterocycles. The largest absolute Gasteiger partial charge is 0.494 e. The second-order valence-corrected chi connectivity index (χ2v) is 6.88. The fourth-order valence-corrected chi connectivity index (χ4v) is 3.60. The van der Waals surface area contributed by atoms with E-state index in [1.165, 1.54) is 11.6 Å². The summed E-state index contributed by atoms with van der Waals surface area (Å²) >= 11 is 0. The van der Waals surface area contributed by atoms with Crippen molar-refractivity contribution in [2.45, 2.75) is 32.9 Å². The minimum atomic E-state index is -0.396. The van der Waals surface area contributed by atoms with Crippen LogP contribution in [0.25, 0.3) is 11.2 Å². The molecule has 8 heteroatoms. The fraction of sp³-hybridized carbons (Fsp3) is 0.421. The summed E-state index contributed by atoms with van der Waals surface area (Å²) in [5, 5.41) is 0. The lowest BCUT2D eigenvalue weighted by atomic mass is 10.1. The van der Waals surface area contributed by atoms with Gasteiger partial charge in [0.25, 0.3) is 5.56 Å². The van der Waals surface area contributed by atoms with Gasteiger partial charge in [-0.25, -0.2) is 9.78 Å². The van der Waals surface area contributed by atoms with Crippen molar-refractivity contribution < 1.29 is 9.47 Å². The van der Waals surface area contributed by atoms with Gasteiger partial charge in [-0.3, -0.25) is 13.9 Å². The van der Waals surface area contributed by atoms with Crippen LogP contribution in [-0.2, 0) is 27.1 Å². The summed E-state index contributed by atoms with van der Waals surface area (Å²) < 4.78 is 15.9. The number of aromatic nitrogens is 4. The van der Waals surface area contributed by atoms with Gasteiger partial charge in [0.2, 0.25) is 0 Å². The molecule has 4 rings (SSSR count). The molecule has 0 saturated heterocycles. The summed E-state index contributed by atoms with van der Waals surface area (Å²) in [6.07, 6.45) is 2.57. The van der Waals surface area contributed by atoms with Crippen LogP contribution < -0.4 is 20.7 Å². The first-order chi connectivity index (χ1) is 12.9. The van der Waals surface area contributed by atoms with Gasteiger partial charge >= 0.3 is 5.69 Å². The number of hydrogen-bond acceptors (Lipinski definition) is 5. The number of hydrogen-bond donors (Lipinski definition) is 0. The van der Waals surface area contributed by atoms with Crippen molar-refractivity contribution in [1.29, 1.82) is 0 Å². The van der Waals surface area contributed by atoms with E-state index in [1.807, 2.05) is 26.0 Å². The van der Waals surface area contributed by atoms with E-state index < -0.39 is 5.69 Å². The number of imidazole rings is 1. The molecule has 27 heavy (non-hydrogen) atoms. The maximum atomic E-state index is 12.6. The summed E-state index contributed by atoms with van der Waals surface area (Å²) in [4.78, 5) is 29.0. The summed E-state index contributed by atoms with van der Waals surface area (Å²) in [5.74, 6) is 1.63. The smallest absolute Gasteiger partial charge is 0.332 e. The zero-order chi connectivity index (χ0) is 19.3. The van der Waals surface area contributed by atoms with E-state index in [0.717, 1.165) is 33.6 Å². The molecule has 1 atom stereocenters. The van der Waals surface area contributed by atoms with Crippen LogP contribution in [0, 0.1) is 0 Å². The zero-order valence-corrected chi connectivity index (χ0v) is 15.9. The van der Waals surface area contributed by atoms with Gasteiger partial charge in [0, 0.05) is 31.6 Å². The highest BCUT2D eigenvalue weighted by atomic mass is 16.5. The van der Waals surface area contributed by atoms with Gasteiger partial charge in [0.1, 0.15) is 17.6 Å². The summed E-state index contributed by atoms with van der Waals surface area (Å²) in [6, 6.07) is 3.99. The monoisotopic (exact) mass is 370 g/mol. The first-order valence-corrected chi connectivity index (χ1v) is 8.96. The zero-order valence-electron chi connectivity index (χ0n) is 15.9. The highest BCUT2D eigenvalue weighted by molar-refractivity contribution is 5.70. The second kappa shape index (κ2) is 6.29. The van der Waals surface area contributed by atoms with Gasteiger partial charge in [-0.15, -0.1) is 0 Å². The lowest BCUT2D eigenvalue weighted by Gasteiger charge is -2.13. The first kappa shape index (κ1) is 17.4. The quantitative estimate of drug-likeness (QED) is 0.690. The van der Waals surface area contributed by atoms with Crippen molar-refractivity contribution in [3.05, 3.63) is 50.4 Å². The van der Waals surface area contributed by atoms with Crippen molar-refractivity contribution in [2.75, 3.05) is 6.61 Å². The third-order valence-corrected chi connectivity index (χ3v) is 4.94. The van der Waals surface area contributed by atoms with E-state index in [0.29, 0.717) is 24.3 Å². The molecule has 8 nitrogen and oxygen atoms in total. The fourth-order valence-electron chi connectivity index (χ4n) is 3.60. The Morgan fingerprint density at radius 2 is 2.04 bits per heavy atom. The van der Waals surface area contributed by atoms with Crippen molar-refractivity contribution in [3.63, 3.8) is 0 Å². The highest BCUT2D eigenvalue weighted by Crippen LogP contribution is 2.35. The molecule has 0 bridgehead atoms. The Hall–Kier alpha value is -3.03. The molecule has 0 spiro atoms. The molecule has 0 aliphatic carbocycles. The molecule has 2 aromatic heterocycles. The molecule has 142 valence electrons. The molecule has 1 aliphatic rings. The van der Waals surface area contributed by atoms with Gasteiger partial charge in [-0.1, -0.05) is 0 Å². The van der Waals surface area contributed by atoms with Crippen LogP contribution in [-0.4, -0.2) is 31.4 Å². The molecule has 0 radical (unpaired) electrons. The minimum Gasteiger partial charge on any atom is -0.494 e. The van der Waals surface area contributed by atoms with E-state index in [2.05, 4.69) is 4.98 Å². The van der Waals surface area contributed by atoms with E-state index in [9.17, 15) is 9.59 Å². The third-order valence-electron chi connectivity index (χ3n) is 4.94. The predicted molar refractivity (Wildman–Crippen MR) is 101 cm³/mol. The van der Waals surface area contributed by atoms with Crippen LogP contribution in [0.4, 0.5) is 0 Å². The first-order valence-electron chi connectivity index (χ1n) is 8.96. The SMILES string of the molecule is CCOc1cc2c(cc1Cn1cnc3c1c(=O)n(C)c(=O)n3C)OC(C)C2. The highest BCUT2D eigenvalue weighted by Gasteiger charge is 2.23. The summed E-state index contributed by atoms with van der Waals surface area (Å²) in [7, 11) is 3.08. The lowest BCUT2D eigenvalue weighted by Crippen LogP contribution is -2.37. The van der Waals surface area contributed by atoms with E-state index in [4.69, 9.17) is 9.47 Å². The number of nitrogens with zero attached hydrogens (tertiary/aromatic N) is 4. The van der Waals surface area contributed by atoms with Crippen LogP contribution in [0.1, 0.15) is 25.0 Å². The van der Waals surface area contributed by atoms with Crippen molar-refractivity contribution in [1.82, 2.24) is 18.7 Å². The average molecular weight is 370 g/mol. The third kappa shape index (κ3) is 2.72. The van der Waals surface area contributed by atoms with Crippen molar-refractivity contribution in [2.24, 2.45) is 14.1 Å². The minimum absolute atomic E-state index is 0.139. The van der Waals surface area contributed by atoms with Crippen LogP contribution in [0.15, 0.2) is 28.0 Å². The van der Waals surface area contributed by atoms with Crippen LogP contribution in [0.5, 0.6) is 11.5 Å². The Balaban J connectivity index is 1.85. The van der Waals surface area contributed by atoms with Gasteiger partial charge in [-0.2, -0.15) is 0 Å². The van der Waals surface area contributed by atoms with Gasteiger partial charge in [0.15, 0.2) is 11.2 Å². The Morgan fingerprint density at radius 1 is 1.26 bits per heavy atom. The predicted octanol–water partition coefficient (Wildman–Crippen LogP) is 1.20. The van der Waals surface area contributed by atoms with Crippen molar-refractivity contribution >= 4 is 11.2 Å². The molecule has 3 aromatic rings. The normalized spacial score (nSPS) is 15.8. The summed E-state index contributed by atoms with van der Waals surface area (Å²) in [6.45, 7) is 4.91. The molecule has 0 fully saturated rings. The second-order valence-electron chi connectivity index (χ2n) is 6.88. The Bertz CT molecular complexity index is 1160. The topological polar surface area (TPSA) is 80.3 Å². The number of rotatable bonds is 4. The van der Waals surface area contributed by atoms with E-state index in [1.54, 1.807) is 17.9 Å². The van der Waals surface area contributed by atoms with Crippen LogP contribution in [0.2, 0.25) is 0 Å². The molecular weight excluding hydrogens is 348 g/mol. The molecule has 0 saturated carbocycles. The number of benzene rings is 1.